The van der Waals surface area contributed by atoms with Crippen LogP contribution in [0, 0.1) is 0 Å². The molecule has 0 aliphatic carbocycles. The Kier molecular flexibility index (Phi) is 7.34. The summed E-state index contributed by atoms with van der Waals surface area (Å²) < 4.78 is 0. The van der Waals surface area contributed by atoms with Crippen molar-refractivity contribution in [3.05, 3.63) is 0 Å². The Morgan fingerprint density at radius 2 is 1.88 bits per heavy atom. The van der Waals surface area contributed by atoms with Crippen LogP contribution in [0.3, 0.4) is 0 Å². The average molecular weight is 229 g/mol. The Labute approximate surface area is 99.6 Å². The lowest BCUT2D eigenvalue weighted by molar-refractivity contribution is -0.123. The second kappa shape index (κ2) is 7.63. The van der Waals surface area contributed by atoms with Crippen LogP contribution in [0.2, 0.25) is 0 Å². The van der Waals surface area contributed by atoms with E-state index in [9.17, 15) is 4.79 Å². The van der Waals surface area contributed by atoms with Crippen molar-refractivity contribution >= 4 is 5.91 Å². The number of hydrogen-bond donors (Lipinski definition) is 2. The van der Waals surface area contributed by atoms with Crippen molar-refractivity contribution in [1.29, 1.82) is 0 Å². The number of likely N-dealkylation sites (N-methyl/N-ethyl adjacent to an activating group) is 1. The van der Waals surface area contributed by atoms with Gasteiger partial charge in [0.2, 0.25) is 5.91 Å². The quantitative estimate of drug-likeness (QED) is 0.652. The molecule has 0 saturated heterocycles. The molecule has 96 valence electrons. The van der Waals surface area contributed by atoms with Crippen LogP contribution < -0.4 is 11.1 Å². The van der Waals surface area contributed by atoms with E-state index in [2.05, 4.69) is 24.1 Å². The van der Waals surface area contributed by atoms with Gasteiger partial charge in [-0.1, -0.05) is 20.8 Å². The molecule has 16 heavy (non-hydrogen) atoms. The van der Waals surface area contributed by atoms with E-state index in [1.807, 2.05) is 14.0 Å². The van der Waals surface area contributed by atoms with E-state index in [-0.39, 0.29) is 11.4 Å². The summed E-state index contributed by atoms with van der Waals surface area (Å²) in [6.07, 6.45) is 2.91. The van der Waals surface area contributed by atoms with E-state index in [0.29, 0.717) is 13.1 Å². The fourth-order valence-electron chi connectivity index (χ4n) is 1.94. The van der Waals surface area contributed by atoms with E-state index < -0.39 is 0 Å². The highest BCUT2D eigenvalue weighted by molar-refractivity contribution is 5.78. The summed E-state index contributed by atoms with van der Waals surface area (Å²) in [4.78, 5) is 13.7. The standard InChI is InChI=1S/C12H27N3O/c1-5-8-14-11(16)9-15(4)12(6-2,7-3)10-13/h5-10,13H2,1-4H3,(H,14,16). The summed E-state index contributed by atoms with van der Waals surface area (Å²) in [6, 6.07) is 0. The smallest absolute Gasteiger partial charge is 0.234 e. The Balaban J connectivity index is 4.30. The number of carbonyl (C=O) groups is 1. The molecule has 0 aliphatic heterocycles. The van der Waals surface area contributed by atoms with Crippen molar-refractivity contribution in [1.82, 2.24) is 10.2 Å². The zero-order valence-electron chi connectivity index (χ0n) is 11.2. The Hall–Kier alpha value is -0.610. The zero-order chi connectivity index (χ0) is 12.6. The third kappa shape index (κ3) is 4.10. The molecule has 4 nitrogen and oxygen atoms in total. The largest absolute Gasteiger partial charge is 0.355 e. The van der Waals surface area contributed by atoms with Gasteiger partial charge in [-0.3, -0.25) is 9.69 Å². The molecule has 4 heteroatoms. The van der Waals surface area contributed by atoms with Crippen LogP contribution in [-0.4, -0.2) is 43.0 Å². The second-order valence-electron chi connectivity index (χ2n) is 4.34. The fraction of sp³-hybridized carbons (Fsp3) is 0.917. The van der Waals surface area contributed by atoms with Gasteiger partial charge in [-0.15, -0.1) is 0 Å². The third-order valence-corrected chi connectivity index (χ3v) is 3.46. The van der Waals surface area contributed by atoms with Gasteiger partial charge in [-0.25, -0.2) is 0 Å². The van der Waals surface area contributed by atoms with Crippen LogP contribution in [0.1, 0.15) is 40.0 Å². The molecule has 0 aromatic carbocycles. The maximum atomic E-state index is 11.6. The summed E-state index contributed by atoms with van der Waals surface area (Å²) in [6.45, 7) is 8.07. The lowest BCUT2D eigenvalue weighted by atomic mass is 9.91. The molecule has 0 aromatic rings. The van der Waals surface area contributed by atoms with Crippen LogP contribution in [0.5, 0.6) is 0 Å². The van der Waals surface area contributed by atoms with Crippen molar-refractivity contribution in [2.45, 2.75) is 45.6 Å². The maximum absolute atomic E-state index is 11.6. The van der Waals surface area contributed by atoms with E-state index in [1.165, 1.54) is 0 Å². The normalized spacial score (nSPS) is 11.9. The van der Waals surface area contributed by atoms with Crippen molar-refractivity contribution < 1.29 is 4.79 Å². The minimum atomic E-state index is -0.0381. The molecular weight excluding hydrogens is 202 g/mol. The predicted octanol–water partition coefficient (Wildman–Crippen LogP) is 0.962. The average Bonchev–Trinajstić information content (AvgIpc) is 2.29. The highest BCUT2D eigenvalue weighted by atomic mass is 16.2. The molecule has 0 rings (SSSR count). The van der Waals surface area contributed by atoms with Gasteiger partial charge in [0.15, 0.2) is 0 Å². The van der Waals surface area contributed by atoms with Gasteiger partial charge in [0.05, 0.1) is 6.54 Å². The number of nitrogens with two attached hydrogens (primary N) is 1. The lowest BCUT2D eigenvalue weighted by Gasteiger charge is -2.39. The second-order valence-corrected chi connectivity index (χ2v) is 4.34. The molecule has 3 N–H and O–H groups in total. The van der Waals surface area contributed by atoms with E-state index in [0.717, 1.165) is 25.8 Å². The molecule has 0 unspecified atom stereocenters. The minimum absolute atomic E-state index is 0.0381. The molecular formula is C12H27N3O. The molecule has 0 radical (unpaired) electrons. The molecule has 0 atom stereocenters. The van der Waals surface area contributed by atoms with Crippen LogP contribution in [0.25, 0.3) is 0 Å². The molecule has 1 amide bonds. The number of amides is 1. The molecule has 0 spiro atoms. The predicted molar refractivity (Wildman–Crippen MR) is 68.3 cm³/mol. The number of carbonyl (C=O) groups excluding carboxylic acids is 1. The number of nitrogens with one attached hydrogen (secondary N) is 1. The number of rotatable bonds is 8. The van der Waals surface area contributed by atoms with Gasteiger partial charge in [-0.05, 0) is 26.3 Å². The Bertz CT molecular complexity index is 194. The van der Waals surface area contributed by atoms with Crippen LogP contribution in [0.4, 0.5) is 0 Å². The molecule has 0 aliphatic rings. The van der Waals surface area contributed by atoms with Gasteiger partial charge < -0.3 is 11.1 Å². The van der Waals surface area contributed by atoms with Gasteiger partial charge in [-0.2, -0.15) is 0 Å². The first kappa shape index (κ1) is 15.4. The summed E-state index contributed by atoms with van der Waals surface area (Å²) in [7, 11) is 1.98. The summed E-state index contributed by atoms with van der Waals surface area (Å²) >= 11 is 0. The zero-order valence-corrected chi connectivity index (χ0v) is 11.2. The first-order chi connectivity index (χ1) is 7.56. The maximum Gasteiger partial charge on any atom is 0.234 e. The summed E-state index contributed by atoms with van der Waals surface area (Å²) in [5, 5.41) is 2.89. The molecule has 0 bridgehead atoms. The van der Waals surface area contributed by atoms with Crippen molar-refractivity contribution in [3.63, 3.8) is 0 Å². The minimum Gasteiger partial charge on any atom is -0.355 e. The highest BCUT2D eigenvalue weighted by Crippen LogP contribution is 2.20. The van der Waals surface area contributed by atoms with E-state index in [4.69, 9.17) is 5.73 Å². The van der Waals surface area contributed by atoms with Gasteiger partial charge in [0.25, 0.3) is 0 Å². The highest BCUT2D eigenvalue weighted by Gasteiger charge is 2.30. The monoisotopic (exact) mass is 229 g/mol. The fourth-order valence-corrected chi connectivity index (χ4v) is 1.94. The van der Waals surface area contributed by atoms with E-state index in [1.54, 1.807) is 0 Å². The Morgan fingerprint density at radius 1 is 1.31 bits per heavy atom. The topological polar surface area (TPSA) is 58.4 Å². The van der Waals surface area contributed by atoms with Crippen LogP contribution in [-0.2, 0) is 4.79 Å². The molecule has 0 aromatic heterocycles. The van der Waals surface area contributed by atoms with Crippen molar-refractivity contribution in [3.8, 4) is 0 Å². The van der Waals surface area contributed by atoms with E-state index >= 15 is 0 Å². The van der Waals surface area contributed by atoms with Gasteiger partial charge >= 0.3 is 0 Å². The first-order valence-corrected chi connectivity index (χ1v) is 6.24. The number of nitrogens with zero attached hydrogens (tertiary/aromatic N) is 1. The molecule has 0 saturated carbocycles. The summed E-state index contributed by atoms with van der Waals surface area (Å²) in [5.74, 6) is 0.0871. The molecule has 0 fully saturated rings. The van der Waals surface area contributed by atoms with Crippen LogP contribution >= 0.6 is 0 Å². The van der Waals surface area contributed by atoms with Crippen molar-refractivity contribution in [2.24, 2.45) is 5.73 Å². The number of hydrogen-bond acceptors (Lipinski definition) is 3. The Morgan fingerprint density at radius 3 is 2.25 bits per heavy atom. The lowest BCUT2D eigenvalue weighted by Crippen LogP contribution is -2.54. The molecule has 0 heterocycles. The first-order valence-electron chi connectivity index (χ1n) is 6.24. The van der Waals surface area contributed by atoms with Crippen LogP contribution in [0.15, 0.2) is 0 Å². The summed E-state index contributed by atoms with van der Waals surface area (Å²) in [5.41, 5.74) is 5.79. The van der Waals surface area contributed by atoms with Crippen molar-refractivity contribution in [2.75, 3.05) is 26.7 Å². The van der Waals surface area contributed by atoms with Gasteiger partial charge in [0.1, 0.15) is 0 Å². The SMILES string of the molecule is CCCNC(=O)CN(C)C(CC)(CC)CN. The van der Waals surface area contributed by atoms with Gasteiger partial charge in [0, 0.05) is 18.6 Å². The third-order valence-electron chi connectivity index (χ3n) is 3.46.